The first kappa shape index (κ1) is 12.2. The molecule has 0 aromatic rings. The largest absolute Gasteiger partial charge is 0.393 e. The molecule has 1 aliphatic heterocycles. The molecule has 0 aromatic carbocycles. The van der Waals surface area contributed by atoms with E-state index in [0.29, 0.717) is 10.9 Å². The van der Waals surface area contributed by atoms with Gasteiger partial charge < -0.3 is 15.5 Å². The molecule has 1 heterocycles. The van der Waals surface area contributed by atoms with Crippen LogP contribution in [0.15, 0.2) is 0 Å². The molecule has 0 aromatic heterocycles. The molecule has 4 nitrogen and oxygen atoms in total. The van der Waals surface area contributed by atoms with Gasteiger partial charge in [0.25, 0.3) is 0 Å². The van der Waals surface area contributed by atoms with Crippen molar-refractivity contribution >= 4 is 23.2 Å². The molecule has 0 radical (unpaired) electrons. The average molecular weight is 229 g/mol. The maximum Gasteiger partial charge on any atom is 0.319 e. The van der Waals surface area contributed by atoms with Crippen LogP contribution in [-0.2, 0) is 0 Å². The zero-order valence-electron chi connectivity index (χ0n) is 9.40. The summed E-state index contributed by atoms with van der Waals surface area (Å²) in [7, 11) is 1.82. The van der Waals surface area contributed by atoms with Crippen molar-refractivity contribution in [2.45, 2.75) is 19.8 Å². The van der Waals surface area contributed by atoms with Gasteiger partial charge in [-0.15, -0.1) is 0 Å². The van der Waals surface area contributed by atoms with E-state index in [-0.39, 0.29) is 6.03 Å². The van der Waals surface area contributed by atoms with Gasteiger partial charge >= 0.3 is 6.03 Å². The summed E-state index contributed by atoms with van der Waals surface area (Å²) < 4.78 is 0. The first-order valence-corrected chi connectivity index (χ1v) is 5.76. The Morgan fingerprint density at radius 3 is 2.47 bits per heavy atom. The minimum Gasteiger partial charge on any atom is -0.393 e. The van der Waals surface area contributed by atoms with Crippen LogP contribution in [0.1, 0.15) is 19.8 Å². The Morgan fingerprint density at radius 1 is 1.53 bits per heavy atom. The highest BCUT2D eigenvalue weighted by Gasteiger charge is 2.25. The minimum absolute atomic E-state index is 0.110. The van der Waals surface area contributed by atoms with Gasteiger partial charge in [0.1, 0.15) is 0 Å². The van der Waals surface area contributed by atoms with E-state index in [1.807, 2.05) is 18.9 Å². The third-order valence-corrected chi connectivity index (χ3v) is 3.30. The lowest BCUT2D eigenvalue weighted by molar-refractivity contribution is 0.150. The van der Waals surface area contributed by atoms with Gasteiger partial charge in [-0.05, 0) is 19.8 Å². The first-order chi connectivity index (χ1) is 7.06. The number of likely N-dealkylation sites (tertiary alicyclic amines) is 1. The predicted octanol–water partition coefficient (Wildman–Crippen LogP) is 1.06. The van der Waals surface area contributed by atoms with Crippen LogP contribution in [0.3, 0.4) is 0 Å². The highest BCUT2D eigenvalue weighted by atomic mass is 32.1. The second kappa shape index (κ2) is 5.30. The molecule has 5 heteroatoms. The Kier molecular flexibility index (Phi) is 4.32. The molecule has 86 valence electrons. The number of carbonyl (C=O) groups is 1. The lowest BCUT2D eigenvalue weighted by Crippen LogP contribution is -2.46. The number of amides is 2. The zero-order valence-corrected chi connectivity index (χ0v) is 10.2. The van der Waals surface area contributed by atoms with E-state index in [4.69, 9.17) is 18.0 Å². The third kappa shape index (κ3) is 3.06. The first-order valence-electron chi connectivity index (χ1n) is 5.35. The fraction of sp³-hybridized carbons (Fsp3) is 0.800. The summed E-state index contributed by atoms with van der Waals surface area (Å²) in [5.41, 5.74) is 5.59. The Morgan fingerprint density at radius 2 is 2.07 bits per heavy atom. The van der Waals surface area contributed by atoms with E-state index >= 15 is 0 Å². The standard InChI is InChI=1S/C10H19N3OS/c1-3-12(2)10(14)13-6-4-8(5-7-13)9(11)15/h8H,3-7H2,1-2H3,(H2,11,15). The van der Waals surface area contributed by atoms with Crippen LogP contribution in [0.5, 0.6) is 0 Å². The van der Waals surface area contributed by atoms with E-state index in [1.165, 1.54) is 0 Å². The lowest BCUT2D eigenvalue weighted by atomic mass is 9.97. The fourth-order valence-electron chi connectivity index (χ4n) is 1.73. The molecule has 0 saturated carbocycles. The topological polar surface area (TPSA) is 49.6 Å². The molecule has 0 bridgehead atoms. The number of hydrogen-bond donors (Lipinski definition) is 1. The summed E-state index contributed by atoms with van der Waals surface area (Å²) in [6, 6.07) is 0.110. The maximum atomic E-state index is 11.8. The highest BCUT2D eigenvalue weighted by Crippen LogP contribution is 2.18. The van der Waals surface area contributed by atoms with Gasteiger partial charge in [-0.3, -0.25) is 0 Å². The monoisotopic (exact) mass is 229 g/mol. The number of thiocarbonyl (C=S) groups is 1. The number of carbonyl (C=O) groups excluding carboxylic acids is 1. The SMILES string of the molecule is CCN(C)C(=O)N1CCC(C(N)=S)CC1. The van der Waals surface area contributed by atoms with Gasteiger partial charge in [-0.2, -0.15) is 0 Å². The molecule has 1 fully saturated rings. The van der Waals surface area contributed by atoms with E-state index in [1.54, 1.807) is 4.90 Å². The van der Waals surface area contributed by atoms with Gasteiger partial charge in [0, 0.05) is 32.6 Å². The van der Waals surface area contributed by atoms with Crippen molar-refractivity contribution in [1.82, 2.24) is 9.80 Å². The zero-order chi connectivity index (χ0) is 11.4. The third-order valence-electron chi connectivity index (χ3n) is 2.97. The van der Waals surface area contributed by atoms with E-state index in [9.17, 15) is 4.79 Å². The van der Waals surface area contributed by atoms with E-state index in [0.717, 1.165) is 32.5 Å². The molecule has 2 N–H and O–H groups in total. The summed E-state index contributed by atoms with van der Waals surface area (Å²) >= 11 is 4.96. The van der Waals surface area contributed by atoms with Crippen molar-refractivity contribution in [3.05, 3.63) is 0 Å². The maximum absolute atomic E-state index is 11.8. The van der Waals surface area contributed by atoms with E-state index < -0.39 is 0 Å². The second-order valence-electron chi connectivity index (χ2n) is 3.96. The van der Waals surface area contributed by atoms with Gasteiger partial charge in [0.2, 0.25) is 0 Å². The van der Waals surface area contributed by atoms with Gasteiger partial charge in [-0.1, -0.05) is 12.2 Å². The van der Waals surface area contributed by atoms with Crippen molar-refractivity contribution in [2.24, 2.45) is 11.7 Å². The smallest absolute Gasteiger partial charge is 0.319 e. The van der Waals surface area contributed by atoms with Crippen LogP contribution in [0.25, 0.3) is 0 Å². The van der Waals surface area contributed by atoms with Gasteiger partial charge in [-0.25, -0.2) is 4.79 Å². The number of rotatable bonds is 2. The summed E-state index contributed by atoms with van der Waals surface area (Å²) in [4.78, 5) is 16.0. The number of nitrogens with zero attached hydrogens (tertiary/aromatic N) is 2. The van der Waals surface area contributed by atoms with Crippen molar-refractivity contribution in [1.29, 1.82) is 0 Å². The van der Waals surface area contributed by atoms with Crippen LogP contribution in [0.4, 0.5) is 4.79 Å². The van der Waals surface area contributed by atoms with Crippen molar-refractivity contribution in [3.63, 3.8) is 0 Å². The highest BCUT2D eigenvalue weighted by molar-refractivity contribution is 7.80. The Labute approximate surface area is 96.4 Å². The molecule has 0 aliphatic carbocycles. The summed E-state index contributed by atoms with van der Waals surface area (Å²) in [5, 5.41) is 0. The van der Waals surface area contributed by atoms with Crippen LogP contribution in [0, 0.1) is 5.92 Å². The predicted molar refractivity (Wildman–Crippen MR) is 64.8 cm³/mol. The molecule has 0 atom stereocenters. The Bertz CT molecular complexity index is 249. The van der Waals surface area contributed by atoms with Crippen molar-refractivity contribution in [3.8, 4) is 0 Å². The Hall–Kier alpha value is -0.840. The number of nitrogens with two attached hydrogens (primary N) is 1. The van der Waals surface area contributed by atoms with Gasteiger partial charge in [0.15, 0.2) is 0 Å². The van der Waals surface area contributed by atoms with Crippen LogP contribution in [0.2, 0.25) is 0 Å². The molecule has 1 rings (SSSR count). The molecule has 1 aliphatic rings. The van der Waals surface area contributed by atoms with E-state index in [2.05, 4.69) is 0 Å². The molecule has 15 heavy (non-hydrogen) atoms. The molecule has 0 unspecified atom stereocenters. The van der Waals surface area contributed by atoms with Crippen molar-refractivity contribution in [2.75, 3.05) is 26.7 Å². The van der Waals surface area contributed by atoms with Crippen LogP contribution < -0.4 is 5.73 Å². The second-order valence-corrected chi connectivity index (χ2v) is 4.43. The number of hydrogen-bond acceptors (Lipinski definition) is 2. The molecular formula is C10H19N3OS. The fourth-order valence-corrected chi connectivity index (χ4v) is 1.97. The summed E-state index contributed by atoms with van der Waals surface area (Å²) in [6.07, 6.45) is 1.80. The summed E-state index contributed by atoms with van der Waals surface area (Å²) in [5.74, 6) is 0.316. The van der Waals surface area contributed by atoms with Crippen molar-refractivity contribution < 1.29 is 4.79 Å². The minimum atomic E-state index is 0.110. The lowest BCUT2D eigenvalue weighted by Gasteiger charge is -2.33. The molecular weight excluding hydrogens is 210 g/mol. The molecule has 2 amide bonds. The summed E-state index contributed by atoms with van der Waals surface area (Å²) in [6.45, 7) is 4.25. The van der Waals surface area contributed by atoms with Crippen LogP contribution >= 0.6 is 12.2 Å². The molecule has 0 spiro atoms. The average Bonchev–Trinajstić information content (AvgIpc) is 2.27. The number of piperidine rings is 1. The Balaban J connectivity index is 2.43. The molecule has 1 saturated heterocycles. The quantitative estimate of drug-likeness (QED) is 0.720. The van der Waals surface area contributed by atoms with Gasteiger partial charge in [0.05, 0.1) is 4.99 Å². The normalized spacial score (nSPS) is 17.6. The number of urea groups is 1. The van der Waals surface area contributed by atoms with Crippen LogP contribution in [-0.4, -0.2) is 47.5 Å².